The molecular weight excluding hydrogens is 376 g/mol. The predicted molar refractivity (Wildman–Crippen MR) is 122 cm³/mol. The first-order valence-electron chi connectivity index (χ1n) is 10.9. The van der Waals surface area contributed by atoms with Crippen LogP contribution in [0.15, 0.2) is 61.2 Å². The Morgan fingerprint density at radius 1 is 0.933 bits per heavy atom. The Hall–Kier alpha value is -2.75. The third kappa shape index (κ3) is 8.73. The third-order valence-corrected chi connectivity index (χ3v) is 4.75. The smallest absolute Gasteiger partial charge is 0.343 e. The SMILES string of the molecule is C=CCCCOc1ccc(OC(=O)c2ccc(OC(C)CCCCCC)cc2)cc1. The summed E-state index contributed by atoms with van der Waals surface area (Å²) >= 11 is 0. The molecule has 0 amide bonds. The summed E-state index contributed by atoms with van der Waals surface area (Å²) in [6, 6.07) is 14.2. The van der Waals surface area contributed by atoms with Crippen molar-refractivity contribution < 1.29 is 19.0 Å². The van der Waals surface area contributed by atoms with Gasteiger partial charge < -0.3 is 14.2 Å². The van der Waals surface area contributed by atoms with Gasteiger partial charge in [-0.05, 0) is 81.1 Å². The number of carbonyl (C=O) groups excluding carboxylic acids is 1. The van der Waals surface area contributed by atoms with Crippen LogP contribution >= 0.6 is 0 Å². The standard InChI is InChI=1S/C26H34O4/c1-4-6-8-9-11-21(3)29-24-14-12-22(13-15-24)26(27)30-25-18-16-23(17-19-25)28-20-10-7-5-2/h5,12-19,21H,2,4,6-11,20H2,1,3H3. The highest BCUT2D eigenvalue weighted by Crippen LogP contribution is 2.21. The van der Waals surface area contributed by atoms with Crippen LogP contribution in [-0.4, -0.2) is 18.7 Å². The van der Waals surface area contributed by atoms with E-state index in [1.165, 1.54) is 25.7 Å². The van der Waals surface area contributed by atoms with Gasteiger partial charge in [0.1, 0.15) is 17.2 Å². The quantitative estimate of drug-likeness (QED) is 0.146. The van der Waals surface area contributed by atoms with Gasteiger partial charge in [-0.15, -0.1) is 6.58 Å². The van der Waals surface area contributed by atoms with Gasteiger partial charge in [0.05, 0.1) is 18.3 Å². The number of ether oxygens (including phenoxy) is 3. The number of benzene rings is 2. The van der Waals surface area contributed by atoms with Gasteiger partial charge >= 0.3 is 5.97 Å². The fraction of sp³-hybridized carbons (Fsp3) is 0.423. The zero-order chi connectivity index (χ0) is 21.6. The summed E-state index contributed by atoms with van der Waals surface area (Å²) in [5.74, 6) is 1.62. The number of carbonyl (C=O) groups is 1. The van der Waals surface area contributed by atoms with E-state index in [0.717, 1.165) is 30.8 Å². The molecule has 2 aromatic carbocycles. The Morgan fingerprint density at radius 3 is 2.27 bits per heavy atom. The molecule has 0 fully saturated rings. The maximum Gasteiger partial charge on any atom is 0.343 e. The molecule has 30 heavy (non-hydrogen) atoms. The van der Waals surface area contributed by atoms with Crippen molar-refractivity contribution in [3.05, 3.63) is 66.7 Å². The van der Waals surface area contributed by atoms with Crippen LogP contribution < -0.4 is 14.2 Å². The fourth-order valence-corrected chi connectivity index (χ4v) is 3.01. The topological polar surface area (TPSA) is 44.8 Å². The highest BCUT2D eigenvalue weighted by molar-refractivity contribution is 5.91. The number of allylic oxidation sites excluding steroid dienone is 1. The van der Waals surface area contributed by atoms with Gasteiger partial charge in [0.25, 0.3) is 0 Å². The lowest BCUT2D eigenvalue weighted by molar-refractivity contribution is 0.0734. The number of esters is 1. The van der Waals surface area contributed by atoms with Gasteiger partial charge in [0, 0.05) is 0 Å². The van der Waals surface area contributed by atoms with Gasteiger partial charge in [-0.25, -0.2) is 4.79 Å². The monoisotopic (exact) mass is 410 g/mol. The molecule has 0 heterocycles. The molecule has 0 aliphatic heterocycles. The molecule has 0 aromatic heterocycles. The highest BCUT2D eigenvalue weighted by atomic mass is 16.5. The predicted octanol–water partition coefficient (Wildman–Crippen LogP) is 6.99. The van der Waals surface area contributed by atoms with Crippen LogP contribution in [0.1, 0.15) is 69.2 Å². The van der Waals surface area contributed by atoms with E-state index < -0.39 is 5.97 Å². The van der Waals surface area contributed by atoms with Crippen molar-refractivity contribution in [3.63, 3.8) is 0 Å². The maximum atomic E-state index is 12.4. The van der Waals surface area contributed by atoms with Gasteiger partial charge in [0.15, 0.2) is 0 Å². The van der Waals surface area contributed by atoms with Gasteiger partial charge in [-0.3, -0.25) is 0 Å². The van der Waals surface area contributed by atoms with E-state index in [1.807, 2.05) is 18.2 Å². The van der Waals surface area contributed by atoms with Gasteiger partial charge in [-0.2, -0.15) is 0 Å². The first-order valence-corrected chi connectivity index (χ1v) is 10.9. The molecule has 0 aliphatic carbocycles. The molecule has 0 bridgehead atoms. The van der Waals surface area contributed by atoms with Crippen molar-refractivity contribution in [3.8, 4) is 17.2 Å². The molecular formula is C26H34O4. The van der Waals surface area contributed by atoms with Gasteiger partial charge in [-0.1, -0.05) is 32.3 Å². The number of rotatable bonds is 14. The van der Waals surface area contributed by atoms with Crippen LogP contribution in [0.3, 0.4) is 0 Å². The summed E-state index contributed by atoms with van der Waals surface area (Å²) in [4.78, 5) is 12.4. The van der Waals surface area contributed by atoms with Crippen LogP contribution in [-0.2, 0) is 0 Å². The van der Waals surface area contributed by atoms with E-state index in [2.05, 4.69) is 20.4 Å². The second-order valence-electron chi connectivity index (χ2n) is 7.44. The summed E-state index contributed by atoms with van der Waals surface area (Å²) in [5, 5.41) is 0. The minimum absolute atomic E-state index is 0.164. The Labute approximate surface area is 180 Å². The van der Waals surface area contributed by atoms with Crippen molar-refractivity contribution >= 4 is 5.97 Å². The van der Waals surface area contributed by atoms with Crippen LogP contribution in [0.25, 0.3) is 0 Å². The first kappa shape index (κ1) is 23.5. The van der Waals surface area contributed by atoms with E-state index >= 15 is 0 Å². The average molecular weight is 411 g/mol. The van der Waals surface area contributed by atoms with Gasteiger partial charge in [0.2, 0.25) is 0 Å². The third-order valence-electron chi connectivity index (χ3n) is 4.75. The Balaban J connectivity index is 1.79. The van der Waals surface area contributed by atoms with E-state index in [0.29, 0.717) is 17.9 Å². The lowest BCUT2D eigenvalue weighted by Crippen LogP contribution is -2.12. The van der Waals surface area contributed by atoms with Crippen molar-refractivity contribution in [1.29, 1.82) is 0 Å². The molecule has 0 radical (unpaired) electrons. The van der Waals surface area contributed by atoms with Crippen LogP contribution in [0, 0.1) is 0 Å². The minimum atomic E-state index is -0.395. The van der Waals surface area contributed by atoms with Crippen LogP contribution in [0.4, 0.5) is 0 Å². The summed E-state index contributed by atoms with van der Waals surface area (Å²) in [5.41, 5.74) is 0.489. The summed E-state index contributed by atoms with van der Waals surface area (Å²) < 4.78 is 17.0. The molecule has 1 unspecified atom stereocenters. The normalized spacial score (nSPS) is 11.5. The Morgan fingerprint density at radius 2 is 1.60 bits per heavy atom. The molecule has 1 atom stereocenters. The summed E-state index contributed by atoms with van der Waals surface area (Å²) in [6.45, 7) is 8.62. The Bertz CT molecular complexity index is 750. The zero-order valence-corrected chi connectivity index (χ0v) is 18.3. The second kappa shape index (κ2) is 13.5. The molecule has 2 aromatic rings. The lowest BCUT2D eigenvalue weighted by Gasteiger charge is -2.14. The molecule has 162 valence electrons. The average Bonchev–Trinajstić information content (AvgIpc) is 2.76. The van der Waals surface area contributed by atoms with Crippen molar-refractivity contribution in [2.45, 2.75) is 64.9 Å². The molecule has 0 saturated carbocycles. The minimum Gasteiger partial charge on any atom is -0.494 e. The van der Waals surface area contributed by atoms with E-state index in [-0.39, 0.29) is 6.10 Å². The number of unbranched alkanes of at least 4 members (excludes halogenated alkanes) is 4. The van der Waals surface area contributed by atoms with E-state index in [4.69, 9.17) is 14.2 Å². The van der Waals surface area contributed by atoms with Crippen molar-refractivity contribution in [2.24, 2.45) is 0 Å². The molecule has 0 N–H and O–H groups in total. The lowest BCUT2D eigenvalue weighted by atomic mass is 10.1. The van der Waals surface area contributed by atoms with E-state index in [9.17, 15) is 4.79 Å². The fourth-order valence-electron chi connectivity index (χ4n) is 3.01. The highest BCUT2D eigenvalue weighted by Gasteiger charge is 2.10. The van der Waals surface area contributed by atoms with Crippen molar-refractivity contribution in [2.75, 3.05) is 6.61 Å². The molecule has 0 aliphatic rings. The number of hydrogen-bond acceptors (Lipinski definition) is 4. The largest absolute Gasteiger partial charge is 0.494 e. The Kier molecular flexibility index (Phi) is 10.6. The summed E-state index contributed by atoms with van der Waals surface area (Å²) in [7, 11) is 0. The number of hydrogen-bond donors (Lipinski definition) is 0. The molecule has 0 saturated heterocycles. The van der Waals surface area contributed by atoms with Crippen LogP contribution in [0.2, 0.25) is 0 Å². The van der Waals surface area contributed by atoms with E-state index in [1.54, 1.807) is 36.4 Å². The summed E-state index contributed by atoms with van der Waals surface area (Å²) in [6.07, 6.45) is 9.87. The zero-order valence-electron chi connectivity index (χ0n) is 18.3. The second-order valence-corrected chi connectivity index (χ2v) is 7.44. The molecule has 4 heteroatoms. The first-order chi connectivity index (χ1) is 14.6. The molecule has 4 nitrogen and oxygen atoms in total. The molecule has 2 rings (SSSR count). The molecule has 0 spiro atoms. The van der Waals surface area contributed by atoms with Crippen LogP contribution in [0.5, 0.6) is 17.2 Å². The van der Waals surface area contributed by atoms with Crippen molar-refractivity contribution in [1.82, 2.24) is 0 Å². The maximum absolute atomic E-state index is 12.4.